The first-order chi connectivity index (χ1) is 16.4. The molecule has 3 atom stereocenters. The molecule has 0 radical (unpaired) electrons. The van der Waals surface area contributed by atoms with Crippen molar-refractivity contribution < 1.29 is 33.4 Å². The Morgan fingerprint density at radius 2 is 1.65 bits per heavy atom. The highest BCUT2D eigenvalue weighted by atomic mass is 16.5. The Hall–Kier alpha value is -4.14. The van der Waals surface area contributed by atoms with Crippen molar-refractivity contribution in [3.8, 4) is 0 Å². The Balaban J connectivity index is 1.78. The summed E-state index contributed by atoms with van der Waals surface area (Å²) < 4.78 is 14.7. The molecule has 9 nitrogen and oxygen atoms in total. The predicted octanol–water partition coefficient (Wildman–Crippen LogP) is 2.31. The number of nitrogens with one attached hydrogen (secondary N) is 1. The number of carbonyl (C=O) groups is 4. The van der Waals surface area contributed by atoms with Crippen molar-refractivity contribution >= 4 is 30.0 Å². The second-order valence-corrected chi connectivity index (χ2v) is 7.51. The van der Waals surface area contributed by atoms with Crippen LogP contribution >= 0.6 is 0 Å². The van der Waals surface area contributed by atoms with Gasteiger partial charge in [0, 0.05) is 0 Å². The SMILES string of the molecule is COC(=O)C[C@H](C(=O)OC)N1C(=O)[C@@H](NC(=O)OCc2ccccc2)[C@H]1C=Cc1ccccc1. The number of likely N-dealkylation sites (tertiary alicyclic amines) is 1. The maximum Gasteiger partial charge on any atom is 0.408 e. The molecule has 34 heavy (non-hydrogen) atoms. The number of benzene rings is 2. The van der Waals surface area contributed by atoms with Gasteiger partial charge in [-0.1, -0.05) is 72.8 Å². The van der Waals surface area contributed by atoms with E-state index in [0.717, 1.165) is 11.1 Å². The van der Waals surface area contributed by atoms with E-state index in [0.29, 0.717) is 0 Å². The minimum atomic E-state index is -1.20. The molecule has 0 aliphatic carbocycles. The van der Waals surface area contributed by atoms with Crippen LogP contribution in [0.3, 0.4) is 0 Å². The molecule has 0 saturated carbocycles. The lowest BCUT2D eigenvalue weighted by molar-refractivity contribution is -0.167. The van der Waals surface area contributed by atoms with Crippen molar-refractivity contribution in [2.75, 3.05) is 14.2 Å². The van der Waals surface area contributed by atoms with Crippen LogP contribution in [0, 0.1) is 0 Å². The minimum Gasteiger partial charge on any atom is -0.469 e. The van der Waals surface area contributed by atoms with Gasteiger partial charge < -0.3 is 24.4 Å². The van der Waals surface area contributed by atoms with E-state index in [1.807, 2.05) is 60.7 Å². The van der Waals surface area contributed by atoms with Gasteiger partial charge in [-0.25, -0.2) is 9.59 Å². The Morgan fingerprint density at radius 1 is 1.00 bits per heavy atom. The summed E-state index contributed by atoms with van der Waals surface area (Å²) in [5.41, 5.74) is 1.65. The second kappa shape index (κ2) is 11.6. The van der Waals surface area contributed by atoms with Gasteiger partial charge in [-0.3, -0.25) is 9.59 Å². The quantitative estimate of drug-likeness (QED) is 0.343. The fourth-order valence-corrected chi connectivity index (χ4v) is 3.58. The smallest absolute Gasteiger partial charge is 0.408 e. The first-order valence-electron chi connectivity index (χ1n) is 10.6. The molecule has 1 heterocycles. The van der Waals surface area contributed by atoms with E-state index in [1.165, 1.54) is 19.1 Å². The molecular weight excluding hydrogens is 440 g/mol. The van der Waals surface area contributed by atoms with E-state index < -0.39 is 42.1 Å². The number of β-lactam (4-membered cyclic amide) rings is 1. The highest BCUT2D eigenvalue weighted by Gasteiger charge is 2.52. The second-order valence-electron chi connectivity index (χ2n) is 7.51. The average molecular weight is 466 g/mol. The Bertz CT molecular complexity index is 1040. The van der Waals surface area contributed by atoms with E-state index in [-0.39, 0.29) is 13.0 Å². The molecule has 2 aromatic rings. The van der Waals surface area contributed by atoms with Crippen molar-refractivity contribution in [3.63, 3.8) is 0 Å². The zero-order valence-corrected chi connectivity index (χ0v) is 18.9. The highest BCUT2D eigenvalue weighted by Crippen LogP contribution is 2.28. The van der Waals surface area contributed by atoms with Crippen LogP contribution in [0.4, 0.5) is 4.79 Å². The maximum atomic E-state index is 13.0. The first kappa shape index (κ1) is 24.5. The van der Waals surface area contributed by atoms with Crippen molar-refractivity contribution in [2.24, 2.45) is 0 Å². The lowest BCUT2D eigenvalue weighted by Crippen LogP contribution is -2.73. The van der Waals surface area contributed by atoms with Crippen LogP contribution in [0.5, 0.6) is 0 Å². The normalized spacial score (nSPS) is 18.1. The van der Waals surface area contributed by atoms with Gasteiger partial charge in [-0.15, -0.1) is 0 Å². The number of esters is 2. The van der Waals surface area contributed by atoms with Gasteiger partial charge in [0.25, 0.3) is 0 Å². The molecule has 1 fully saturated rings. The van der Waals surface area contributed by atoms with Crippen LogP contribution in [0.15, 0.2) is 66.7 Å². The highest BCUT2D eigenvalue weighted by molar-refractivity contribution is 5.97. The van der Waals surface area contributed by atoms with Crippen molar-refractivity contribution in [1.82, 2.24) is 10.2 Å². The number of hydrogen-bond acceptors (Lipinski definition) is 7. The lowest BCUT2D eigenvalue weighted by Gasteiger charge is -2.48. The number of amides is 2. The number of alkyl carbamates (subject to hydrolysis) is 1. The summed E-state index contributed by atoms with van der Waals surface area (Å²) >= 11 is 0. The Kier molecular flexibility index (Phi) is 8.39. The fourth-order valence-electron chi connectivity index (χ4n) is 3.58. The molecule has 2 aromatic carbocycles. The van der Waals surface area contributed by atoms with Gasteiger partial charge in [0.2, 0.25) is 5.91 Å². The minimum absolute atomic E-state index is 0.0367. The summed E-state index contributed by atoms with van der Waals surface area (Å²) in [7, 11) is 2.36. The molecule has 3 rings (SSSR count). The van der Waals surface area contributed by atoms with E-state index in [9.17, 15) is 19.2 Å². The topological polar surface area (TPSA) is 111 Å². The standard InChI is InChI=1S/C25H26N2O7/c1-32-21(28)15-20(24(30)33-2)27-19(14-13-17-9-5-3-6-10-17)22(23(27)29)26-25(31)34-16-18-11-7-4-8-12-18/h3-14,19-20,22H,15-16H2,1-2H3,(H,26,31)/t19-,20-,22+/m1/s1. The maximum absolute atomic E-state index is 13.0. The predicted molar refractivity (Wildman–Crippen MR) is 122 cm³/mol. The third-order valence-electron chi connectivity index (χ3n) is 5.35. The molecule has 178 valence electrons. The zero-order chi connectivity index (χ0) is 24.5. The summed E-state index contributed by atoms with van der Waals surface area (Å²) in [5, 5.41) is 2.56. The number of carbonyl (C=O) groups excluding carboxylic acids is 4. The summed E-state index contributed by atoms with van der Waals surface area (Å²) in [4.78, 5) is 50.9. The van der Waals surface area contributed by atoms with Gasteiger partial charge in [0.1, 0.15) is 18.7 Å². The van der Waals surface area contributed by atoms with Crippen LogP contribution in [0.2, 0.25) is 0 Å². The third-order valence-corrected chi connectivity index (χ3v) is 5.35. The number of rotatable bonds is 9. The van der Waals surface area contributed by atoms with Gasteiger partial charge >= 0.3 is 18.0 Å². The van der Waals surface area contributed by atoms with Crippen LogP contribution in [-0.2, 0) is 35.2 Å². The number of methoxy groups -OCH3 is 2. The monoisotopic (exact) mass is 466 g/mol. The summed E-state index contributed by atoms with van der Waals surface area (Å²) in [5.74, 6) is -1.98. The largest absolute Gasteiger partial charge is 0.469 e. The van der Waals surface area contributed by atoms with E-state index in [4.69, 9.17) is 9.47 Å². The number of ether oxygens (including phenoxy) is 3. The van der Waals surface area contributed by atoms with Gasteiger partial charge in [-0.2, -0.15) is 0 Å². The van der Waals surface area contributed by atoms with Crippen molar-refractivity contribution in [2.45, 2.75) is 31.2 Å². The molecule has 0 spiro atoms. The van der Waals surface area contributed by atoms with Crippen LogP contribution in [0.1, 0.15) is 17.5 Å². The van der Waals surface area contributed by atoms with Crippen molar-refractivity contribution in [1.29, 1.82) is 0 Å². The Morgan fingerprint density at radius 3 is 2.26 bits per heavy atom. The van der Waals surface area contributed by atoms with Crippen molar-refractivity contribution in [3.05, 3.63) is 77.9 Å². The summed E-state index contributed by atoms with van der Waals surface area (Å²) in [6.07, 6.45) is 2.30. The molecule has 1 aliphatic rings. The zero-order valence-electron chi connectivity index (χ0n) is 18.9. The van der Waals surface area contributed by atoms with Crippen LogP contribution < -0.4 is 5.32 Å². The lowest BCUT2D eigenvalue weighted by atomic mass is 9.90. The van der Waals surface area contributed by atoms with Gasteiger partial charge in [0.15, 0.2) is 0 Å². The van der Waals surface area contributed by atoms with E-state index in [1.54, 1.807) is 12.2 Å². The van der Waals surface area contributed by atoms with Crippen LogP contribution in [0.25, 0.3) is 6.08 Å². The molecule has 1 N–H and O–H groups in total. The average Bonchev–Trinajstić information content (AvgIpc) is 2.88. The van der Waals surface area contributed by atoms with Gasteiger partial charge in [0.05, 0.1) is 26.7 Å². The molecule has 2 amide bonds. The molecule has 9 heteroatoms. The van der Waals surface area contributed by atoms with E-state index in [2.05, 4.69) is 10.1 Å². The molecule has 0 aromatic heterocycles. The molecular formula is C25H26N2O7. The molecule has 0 unspecified atom stereocenters. The number of hydrogen-bond donors (Lipinski definition) is 1. The number of nitrogens with zero attached hydrogens (tertiary/aromatic N) is 1. The third kappa shape index (κ3) is 6.00. The Labute approximate surface area is 197 Å². The van der Waals surface area contributed by atoms with E-state index >= 15 is 0 Å². The van der Waals surface area contributed by atoms with Gasteiger partial charge in [-0.05, 0) is 11.1 Å². The summed E-state index contributed by atoms with van der Waals surface area (Å²) in [6.45, 7) is 0.0367. The first-order valence-corrected chi connectivity index (χ1v) is 10.6. The molecule has 1 saturated heterocycles. The van der Waals surface area contributed by atoms with Crippen LogP contribution in [-0.4, -0.2) is 61.2 Å². The fraction of sp³-hybridized carbons (Fsp3) is 0.280. The molecule has 0 bridgehead atoms. The molecule has 1 aliphatic heterocycles. The summed E-state index contributed by atoms with van der Waals surface area (Å²) in [6, 6.07) is 15.5.